The first-order valence-electron chi connectivity index (χ1n) is 11.9. The van der Waals surface area contributed by atoms with E-state index in [1.807, 2.05) is 17.9 Å². The monoisotopic (exact) mass is 483 g/mol. The van der Waals surface area contributed by atoms with Crippen molar-refractivity contribution in [2.45, 2.75) is 44.9 Å². The third-order valence-corrected chi connectivity index (χ3v) is 7.98. The van der Waals surface area contributed by atoms with Crippen molar-refractivity contribution in [3.05, 3.63) is 59.2 Å². The average molecular weight is 484 g/mol. The molecule has 8 heteroatoms. The topological polar surface area (TPSA) is 95.6 Å². The molecule has 0 aromatic heterocycles. The van der Waals surface area contributed by atoms with Gasteiger partial charge in [0.15, 0.2) is 0 Å². The molecule has 2 amide bonds. The molecule has 1 heterocycles. The highest BCUT2D eigenvalue weighted by atomic mass is 32.2. The number of nitrogens with zero attached hydrogens (tertiary/aromatic N) is 1. The Kier molecular flexibility index (Phi) is 7.09. The van der Waals surface area contributed by atoms with E-state index < -0.39 is 15.9 Å². The Morgan fingerprint density at radius 1 is 1.00 bits per heavy atom. The predicted octanol–water partition coefficient (Wildman–Crippen LogP) is 4.05. The molecule has 2 unspecified atom stereocenters. The molecule has 2 aliphatic rings. The number of nitrogens with one attached hydrogen (secondary N) is 2. The predicted molar refractivity (Wildman–Crippen MR) is 132 cm³/mol. The summed E-state index contributed by atoms with van der Waals surface area (Å²) in [5.74, 6) is 0.866. The summed E-state index contributed by atoms with van der Waals surface area (Å²) < 4.78 is 27.8. The zero-order valence-corrected chi connectivity index (χ0v) is 20.8. The minimum atomic E-state index is -3.67. The van der Waals surface area contributed by atoms with Gasteiger partial charge >= 0.3 is 0 Å². The van der Waals surface area contributed by atoms with E-state index in [0.717, 1.165) is 37.9 Å². The maximum absolute atomic E-state index is 13.1. The van der Waals surface area contributed by atoms with Crippen molar-refractivity contribution in [1.82, 2.24) is 9.62 Å². The van der Waals surface area contributed by atoms with Crippen molar-refractivity contribution < 1.29 is 18.0 Å². The zero-order chi connectivity index (χ0) is 24.5. The van der Waals surface area contributed by atoms with Gasteiger partial charge in [0, 0.05) is 36.4 Å². The molecule has 182 valence electrons. The number of hydrogen-bond acceptors (Lipinski definition) is 4. The minimum absolute atomic E-state index is 0.0382. The molecule has 34 heavy (non-hydrogen) atoms. The van der Waals surface area contributed by atoms with Crippen LogP contribution in [0.25, 0.3) is 0 Å². The minimum Gasteiger partial charge on any atom is -0.338 e. The molecule has 0 bridgehead atoms. The third kappa shape index (κ3) is 5.85. The lowest BCUT2D eigenvalue weighted by atomic mass is 9.91. The zero-order valence-electron chi connectivity index (χ0n) is 20.0. The lowest BCUT2D eigenvalue weighted by molar-refractivity contribution is 0.0623. The van der Waals surface area contributed by atoms with Crippen molar-refractivity contribution in [2.75, 3.05) is 25.0 Å². The van der Waals surface area contributed by atoms with Gasteiger partial charge < -0.3 is 10.2 Å². The first kappa shape index (κ1) is 24.4. The number of carbonyl (C=O) groups excluding carboxylic acids is 2. The summed E-state index contributed by atoms with van der Waals surface area (Å²) in [5.41, 5.74) is 2.13. The summed E-state index contributed by atoms with van der Waals surface area (Å²) in [7, 11) is -3.67. The van der Waals surface area contributed by atoms with E-state index in [0.29, 0.717) is 35.5 Å². The van der Waals surface area contributed by atoms with Crippen molar-refractivity contribution in [1.29, 1.82) is 0 Å². The highest BCUT2D eigenvalue weighted by Gasteiger charge is 2.27. The molecule has 1 saturated carbocycles. The summed E-state index contributed by atoms with van der Waals surface area (Å²) in [4.78, 5) is 28.0. The first-order chi connectivity index (χ1) is 16.1. The van der Waals surface area contributed by atoms with Crippen LogP contribution in [-0.4, -0.2) is 44.8 Å². The van der Waals surface area contributed by atoms with Crippen LogP contribution < -0.4 is 10.0 Å². The average Bonchev–Trinajstić information content (AvgIpc) is 3.63. The normalized spacial score (nSPS) is 20.7. The fourth-order valence-electron chi connectivity index (χ4n) is 4.53. The van der Waals surface area contributed by atoms with Gasteiger partial charge in [0.2, 0.25) is 10.0 Å². The second-order valence-corrected chi connectivity index (χ2v) is 11.7. The maximum Gasteiger partial charge on any atom is 0.255 e. The van der Waals surface area contributed by atoms with E-state index in [9.17, 15) is 18.0 Å². The van der Waals surface area contributed by atoms with E-state index in [-0.39, 0.29) is 16.4 Å². The summed E-state index contributed by atoms with van der Waals surface area (Å²) in [6.07, 6.45) is 3.20. The number of anilines is 1. The van der Waals surface area contributed by atoms with Crippen LogP contribution in [0.4, 0.5) is 5.69 Å². The highest BCUT2D eigenvalue weighted by molar-refractivity contribution is 7.89. The Balaban J connectivity index is 1.49. The number of carbonyl (C=O) groups is 2. The van der Waals surface area contributed by atoms with Gasteiger partial charge in [-0.3, -0.25) is 9.59 Å². The molecule has 1 aliphatic carbocycles. The Hall–Kier alpha value is -2.71. The lowest BCUT2D eigenvalue weighted by Gasteiger charge is -2.35. The summed E-state index contributed by atoms with van der Waals surface area (Å²) >= 11 is 0. The number of hydrogen-bond donors (Lipinski definition) is 2. The van der Waals surface area contributed by atoms with Crippen LogP contribution in [-0.2, 0) is 10.0 Å². The first-order valence-corrected chi connectivity index (χ1v) is 13.4. The standard InChI is InChI=1S/C26H33N3O4S/c1-17-11-18(2)16-29(15-17)26(31)22-10-7-19(3)24(13-22)28-25(30)21-5-4-6-23(12-21)34(32,33)27-14-20-8-9-20/h4-7,10,12-13,17-18,20,27H,8-9,11,14-16H2,1-3H3,(H,28,30). The number of rotatable bonds is 7. The van der Waals surface area contributed by atoms with Gasteiger partial charge in [0.25, 0.3) is 11.8 Å². The SMILES string of the molecule is Cc1ccc(C(=O)N2CC(C)CC(C)C2)cc1NC(=O)c1cccc(S(=O)(=O)NCC2CC2)c1. The van der Waals surface area contributed by atoms with Gasteiger partial charge in [-0.25, -0.2) is 13.1 Å². The molecule has 2 aromatic rings. The van der Waals surface area contributed by atoms with Crippen LogP contribution in [0.15, 0.2) is 47.4 Å². The summed E-state index contributed by atoms with van der Waals surface area (Å²) in [6, 6.07) is 11.3. The molecule has 2 fully saturated rings. The fourth-order valence-corrected chi connectivity index (χ4v) is 5.69. The molecular weight excluding hydrogens is 450 g/mol. The lowest BCUT2D eigenvalue weighted by Crippen LogP contribution is -2.42. The van der Waals surface area contributed by atoms with Gasteiger partial charge in [-0.1, -0.05) is 26.0 Å². The van der Waals surface area contributed by atoms with Crippen molar-refractivity contribution >= 4 is 27.5 Å². The van der Waals surface area contributed by atoms with Gasteiger partial charge in [0.1, 0.15) is 0 Å². The molecular formula is C26H33N3O4S. The molecule has 4 rings (SSSR count). The third-order valence-electron chi connectivity index (χ3n) is 6.55. The van der Waals surface area contributed by atoms with E-state index in [2.05, 4.69) is 23.9 Å². The maximum atomic E-state index is 13.1. The van der Waals surface area contributed by atoms with Crippen LogP contribution in [0.3, 0.4) is 0 Å². The Bertz CT molecular complexity index is 1180. The van der Waals surface area contributed by atoms with Gasteiger partial charge in [-0.2, -0.15) is 0 Å². The van der Waals surface area contributed by atoms with E-state index >= 15 is 0 Å². The molecule has 2 atom stereocenters. The second kappa shape index (κ2) is 9.88. The van der Waals surface area contributed by atoms with E-state index in [4.69, 9.17) is 0 Å². The number of benzene rings is 2. The largest absolute Gasteiger partial charge is 0.338 e. The van der Waals surface area contributed by atoms with Crippen LogP contribution in [0.5, 0.6) is 0 Å². The molecule has 2 N–H and O–H groups in total. The van der Waals surface area contributed by atoms with Gasteiger partial charge in [-0.15, -0.1) is 0 Å². The van der Waals surface area contributed by atoms with Crippen LogP contribution >= 0.6 is 0 Å². The smallest absolute Gasteiger partial charge is 0.255 e. The fraction of sp³-hybridized carbons (Fsp3) is 0.462. The number of amides is 2. The molecule has 2 aromatic carbocycles. The van der Waals surface area contributed by atoms with Crippen molar-refractivity contribution in [2.24, 2.45) is 17.8 Å². The molecule has 0 spiro atoms. The van der Waals surface area contributed by atoms with Gasteiger partial charge in [-0.05, 0) is 79.8 Å². The van der Waals surface area contributed by atoms with Crippen LogP contribution in [0, 0.1) is 24.7 Å². The van der Waals surface area contributed by atoms with E-state index in [1.165, 1.54) is 12.1 Å². The molecule has 0 radical (unpaired) electrons. The Morgan fingerprint density at radius 2 is 1.71 bits per heavy atom. The number of aryl methyl sites for hydroxylation is 1. The Morgan fingerprint density at radius 3 is 2.38 bits per heavy atom. The molecule has 1 saturated heterocycles. The number of likely N-dealkylation sites (tertiary alicyclic amines) is 1. The quantitative estimate of drug-likeness (QED) is 0.621. The number of sulfonamides is 1. The second-order valence-electron chi connectivity index (χ2n) is 9.96. The highest BCUT2D eigenvalue weighted by Crippen LogP contribution is 2.28. The molecule has 7 nitrogen and oxygen atoms in total. The van der Waals surface area contributed by atoms with Crippen molar-refractivity contribution in [3.8, 4) is 0 Å². The van der Waals surface area contributed by atoms with Crippen molar-refractivity contribution in [3.63, 3.8) is 0 Å². The molecule has 1 aliphatic heterocycles. The number of piperidine rings is 1. The van der Waals surface area contributed by atoms with Crippen LogP contribution in [0.1, 0.15) is 59.4 Å². The summed E-state index contributed by atoms with van der Waals surface area (Å²) in [5, 5.41) is 2.86. The summed E-state index contributed by atoms with van der Waals surface area (Å²) in [6.45, 7) is 8.06. The van der Waals surface area contributed by atoms with Gasteiger partial charge in [0.05, 0.1) is 4.90 Å². The van der Waals surface area contributed by atoms with E-state index in [1.54, 1.807) is 24.3 Å². The van der Waals surface area contributed by atoms with Crippen LogP contribution in [0.2, 0.25) is 0 Å². The Labute approximate surface area is 202 Å².